The van der Waals surface area contributed by atoms with Crippen molar-refractivity contribution in [2.45, 2.75) is 24.1 Å². The van der Waals surface area contributed by atoms with Gasteiger partial charge in [0.1, 0.15) is 0 Å². The second-order valence-corrected chi connectivity index (χ2v) is 8.16. The average Bonchev–Trinajstić information content (AvgIpc) is 3.07. The van der Waals surface area contributed by atoms with E-state index in [0.29, 0.717) is 24.3 Å². The second kappa shape index (κ2) is 8.92. The van der Waals surface area contributed by atoms with Crippen molar-refractivity contribution in [1.82, 2.24) is 14.9 Å². The summed E-state index contributed by atoms with van der Waals surface area (Å²) >= 11 is 0.797. The molecule has 0 aliphatic rings. The lowest BCUT2D eigenvalue weighted by atomic mass is 10.1. The molecule has 1 amide bonds. The van der Waals surface area contributed by atoms with Gasteiger partial charge in [-0.05, 0) is 30.5 Å². The maximum Gasteiger partial charge on any atom is 0.269 e. The summed E-state index contributed by atoms with van der Waals surface area (Å²) in [7, 11) is -0.625. The summed E-state index contributed by atoms with van der Waals surface area (Å²) in [6.45, 7) is 1.55. The predicted octanol–water partition coefficient (Wildman–Crippen LogP) is 1.42. The van der Waals surface area contributed by atoms with Crippen LogP contribution in [0.4, 0.5) is 5.13 Å². The van der Waals surface area contributed by atoms with E-state index in [2.05, 4.69) is 20.2 Å². The zero-order valence-corrected chi connectivity index (χ0v) is 16.2. The van der Waals surface area contributed by atoms with Crippen LogP contribution in [0.3, 0.4) is 0 Å². The van der Waals surface area contributed by atoms with Crippen LogP contribution in [0.5, 0.6) is 11.5 Å². The van der Waals surface area contributed by atoms with Gasteiger partial charge in [-0.2, -0.15) is 0 Å². The Hall–Kier alpha value is -2.24. The number of sulfonamides is 1. The third-order valence-corrected chi connectivity index (χ3v) is 5.97. The zero-order valence-electron chi connectivity index (χ0n) is 14.6. The van der Waals surface area contributed by atoms with Gasteiger partial charge < -0.3 is 14.8 Å². The number of aromatic nitrogens is 2. The lowest BCUT2D eigenvalue weighted by Gasteiger charge is -2.09. The standard InChI is InChI=1S/C15H20N4O5S2/c1-10(20)17-14-18-19-15(25-14)26(21,22)16-8-4-5-11-6-7-12(23-2)13(9-11)24-3/h6-7,9,16H,4-5,8H2,1-3H3,(H,17,18,20). The number of carbonyl (C=O) groups excluding carboxylic acids is 1. The molecule has 0 aliphatic heterocycles. The highest BCUT2D eigenvalue weighted by Gasteiger charge is 2.20. The lowest BCUT2D eigenvalue weighted by molar-refractivity contribution is -0.114. The summed E-state index contributed by atoms with van der Waals surface area (Å²) in [5.41, 5.74) is 1.01. The van der Waals surface area contributed by atoms with Crippen molar-refractivity contribution < 1.29 is 22.7 Å². The molecular weight excluding hydrogens is 380 g/mol. The highest BCUT2D eigenvalue weighted by Crippen LogP contribution is 2.28. The predicted molar refractivity (Wildman–Crippen MR) is 97.3 cm³/mol. The molecule has 1 aromatic heterocycles. The van der Waals surface area contributed by atoms with Crippen LogP contribution in [-0.2, 0) is 21.2 Å². The molecule has 11 heteroatoms. The number of hydrogen-bond donors (Lipinski definition) is 2. The summed E-state index contributed by atoms with van der Waals surface area (Å²) in [4.78, 5) is 10.9. The van der Waals surface area contributed by atoms with Crippen molar-refractivity contribution in [2.24, 2.45) is 0 Å². The number of rotatable bonds is 9. The first-order valence-electron chi connectivity index (χ1n) is 7.67. The number of benzene rings is 1. The Balaban J connectivity index is 1.88. The fraction of sp³-hybridized carbons (Fsp3) is 0.400. The lowest BCUT2D eigenvalue weighted by Crippen LogP contribution is -2.25. The van der Waals surface area contributed by atoms with Crippen molar-refractivity contribution in [1.29, 1.82) is 0 Å². The molecule has 0 bridgehead atoms. The van der Waals surface area contributed by atoms with Gasteiger partial charge in [-0.1, -0.05) is 17.4 Å². The Morgan fingerprint density at radius 1 is 1.19 bits per heavy atom. The summed E-state index contributed by atoms with van der Waals surface area (Å²) in [6.07, 6.45) is 1.25. The highest BCUT2D eigenvalue weighted by molar-refractivity contribution is 7.91. The van der Waals surface area contributed by atoms with Crippen LogP contribution in [0.1, 0.15) is 18.9 Å². The second-order valence-electron chi connectivity index (χ2n) is 5.24. The molecule has 0 unspecified atom stereocenters. The summed E-state index contributed by atoms with van der Waals surface area (Å²) in [5, 5.41) is 9.76. The van der Waals surface area contributed by atoms with Crippen molar-refractivity contribution in [3.8, 4) is 11.5 Å². The number of nitrogens with zero attached hydrogens (tertiary/aromatic N) is 2. The minimum absolute atomic E-state index is 0.142. The molecule has 0 aliphatic carbocycles. The van der Waals surface area contributed by atoms with Gasteiger partial charge in [0.25, 0.3) is 10.0 Å². The Kier molecular flexibility index (Phi) is 6.89. The molecule has 2 N–H and O–H groups in total. The highest BCUT2D eigenvalue weighted by atomic mass is 32.2. The van der Waals surface area contributed by atoms with Crippen molar-refractivity contribution in [3.05, 3.63) is 23.8 Å². The Labute approximate surface area is 155 Å². The van der Waals surface area contributed by atoms with E-state index < -0.39 is 10.0 Å². The molecule has 1 heterocycles. The molecule has 2 aromatic rings. The van der Waals surface area contributed by atoms with E-state index in [1.54, 1.807) is 14.2 Å². The molecule has 2 rings (SSSR count). The number of amides is 1. The third kappa shape index (κ3) is 5.38. The number of carbonyl (C=O) groups is 1. The molecule has 0 fully saturated rings. The molecule has 0 saturated carbocycles. The number of ether oxygens (including phenoxy) is 2. The van der Waals surface area contributed by atoms with Crippen LogP contribution < -0.4 is 19.5 Å². The first-order valence-corrected chi connectivity index (χ1v) is 9.97. The average molecular weight is 400 g/mol. The maximum absolute atomic E-state index is 12.2. The van der Waals surface area contributed by atoms with Gasteiger partial charge >= 0.3 is 0 Å². The summed E-state index contributed by atoms with van der Waals surface area (Å²) in [6, 6.07) is 5.57. The summed E-state index contributed by atoms with van der Waals surface area (Å²) < 4.78 is 37.1. The van der Waals surface area contributed by atoms with Gasteiger partial charge in [0.15, 0.2) is 11.5 Å². The zero-order chi connectivity index (χ0) is 19.2. The van der Waals surface area contributed by atoms with Gasteiger partial charge in [-0.25, -0.2) is 13.1 Å². The van der Waals surface area contributed by atoms with E-state index in [1.165, 1.54) is 6.92 Å². The molecule has 0 atom stereocenters. The summed E-state index contributed by atoms with van der Waals surface area (Å²) in [5.74, 6) is 0.932. The molecule has 0 radical (unpaired) electrons. The minimum Gasteiger partial charge on any atom is -0.493 e. The van der Waals surface area contributed by atoms with Crippen LogP contribution in [0.25, 0.3) is 0 Å². The van der Waals surface area contributed by atoms with Crippen molar-refractivity contribution >= 4 is 32.4 Å². The minimum atomic E-state index is -3.75. The van der Waals surface area contributed by atoms with Crippen LogP contribution in [0, 0.1) is 0 Å². The number of hydrogen-bond acceptors (Lipinski definition) is 8. The van der Waals surface area contributed by atoms with Crippen molar-refractivity contribution in [3.63, 3.8) is 0 Å². The first kappa shape index (κ1) is 20.1. The first-order chi connectivity index (χ1) is 12.4. The van der Waals surface area contributed by atoms with Crippen LogP contribution in [0.15, 0.2) is 22.5 Å². The van der Waals surface area contributed by atoms with E-state index >= 15 is 0 Å². The van der Waals surface area contributed by atoms with E-state index in [9.17, 15) is 13.2 Å². The van der Waals surface area contributed by atoms with Gasteiger partial charge in [-0.15, -0.1) is 10.2 Å². The van der Waals surface area contributed by atoms with Gasteiger partial charge in [0.2, 0.25) is 15.4 Å². The molecular formula is C15H20N4O5S2. The normalized spacial score (nSPS) is 11.2. The Bertz CT molecular complexity index is 867. The van der Waals surface area contributed by atoms with Gasteiger partial charge in [0, 0.05) is 13.5 Å². The largest absolute Gasteiger partial charge is 0.493 e. The quantitative estimate of drug-likeness (QED) is 0.482. The van der Waals surface area contributed by atoms with E-state index in [4.69, 9.17) is 9.47 Å². The molecule has 9 nitrogen and oxygen atoms in total. The van der Waals surface area contributed by atoms with Gasteiger partial charge in [0.05, 0.1) is 14.2 Å². The topological polar surface area (TPSA) is 120 Å². The van der Waals surface area contributed by atoms with E-state index in [1.807, 2.05) is 18.2 Å². The molecule has 142 valence electrons. The van der Waals surface area contributed by atoms with E-state index in [-0.39, 0.29) is 21.9 Å². The number of aryl methyl sites for hydroxylation is 1. The molecule has 0 saturated heterocycles. The SMILES string of the molecule is COc1ccc(CCCNS(=O)(=O)c2nnc(NC(C)=O)s2)cc1OC. The fourth-order valence-electron chi connectivity index (χ4n) is 2.12. The van der Waals surface area contributed by atoms with Crippen molar-refractivity contribution in [2.75, 3.05) is 26.1 Å². The van der Waals surface area contributed by atoms with Crippen LogP contribution in [0.2, 0.25) is 0 Å². The number of nitrogens with one attached hydrogen (secondary N) is 2. The van der Waals surface area contributed by atoms with Crippen LogP contribution >= 0.6 is 11.3 Å². The maximum atomic E-state index is 12.2. The smallest absolute Gasteiger partial charge is 0.269 e. The Morgan fingerprint density at radius 2 is 1.92 bits per heavy atom. The van der Waals surface area contributed by atoms with E-state index in [0.717, 1.165) is 16.9 Å². The molecule has 1 aromatic carbocycles. The fourth-order valence-corrected chi connectivity index (χ4v) is 4.18. The molecule has 26 heavy (non-hydrogen) atoms. The van der Waals surface area contributed by atoms with Crippen LogP contribution in [-0.4, -0.2) is 45.3 Å². The Morgan fingerprint density at radius 3 is 2.58 bits per heavy atom. The number of methoxy groups -OCH3 is 2. The third-order valence-electron chi connectivity index (χ3n) is 3.30. The monoisotopic (exact) mass is 400 g/mol. The van der Waals surface area contributed by atoms with Gasteiger partial charge in [-0.3, -0.25) is 4.79 Å². The molecule has 0 spiro atoms. The number of anilines is 1.